The molecule has 10 nitrogen and oxygen atoms in total. The SMILES string of the molecule is Cc1cc[n+](C)c(-c2c(C)ccc3c2oc2ccccc23)c1.Cc1ccc(-c2c(C)ccc3c2oc2ccccc23)[n+](C)c1.Cc1ccc2c(oc3ccccc32)c1-c1cc(C(C)C)cc[n+]1C.Cc1ccc2c(oc3ccccc32)c1-c1ccc(C(C)C)c[n+]1C.Cc1ccc2c(oc3ccccc32)c1-c1cccc[n+]1C. The van der Waals surface area contributed by atoms with Crippen LogP contribution in [0.15, 0.2) is 302 Å². The minimum Gasteiger partial charge on any atom is -0.455 e. The first-order valence-electron chi connectivity index (χ1n) is 39.1. The number of fused-ring (bicyclic) bond motifs is 15. The Bertz CT molecular complexity index is 7060. The van der Waals surface area contributed by atoms with Crippen molar-refractivity contribution in [3.05, 3.63) is 330 Å². The van der Waals surface area contributed by atoms with Crippen LogP contribution in [0, 0.1) is 48.5 Å². The maximum Gasteiger partial charge on any atom is 0.216 e. The number of para-hydroxylation sites is 5. The molecule has 113 heavy (non-hydrogen) atoms. The van der Waals surface area contributed by atoms with Crippen molar-refractivity contribution in [3.63, 3.8) is 0 Å². The zero-order valence-corrected chi connectivity index (χ0v) is 67.5. The Morgan fingerprint density at radius 3 is 0.867 bits per heavy atom. The number of furan rings is 5. The summed E-state index contributed by atoms with van der Waals surface area (Å²) in [5.41, 5.74) is 32.7. The van der Waals surface area contributed by atoms with Crippen molar-refractivity contribution in [3.8, 4) is 56.3 Å². The molecular weight excluding hydrogens is 1390 g/mol. The van der Waals surface area contributed by atoms with Gasteiger partial charge in [0.1, 0.15) is 91.1 Å². The minimum atomic E-state index is 0.500. The van der Waals surface area contributed by atoms with Gasteiger partial charge in [0.05, 0.1) is 27.8 Å². The third kappa shape index (κ3) is 14.0. The summed E-state index contributed by atoms with van der Waals surface area (Å²) in [5.74, 6) is 1.02. The van der Waals surface area contributed by atoms with Gasteiger partial charge in [-0.1, -0.05) is 179 Å². The first-order chi connectivity index (χ1) is 54.7. The summed E-state index contributed by atoms with van der Waals surface area (Å²) < 4.78 is 41.9. The van der Waals surface area contributed by atoms with Crippen molar-refractivity contribution < 1.29 is 44.9 Å². The number of hydrogen-bond donors (Lipinski definition) is 0. The molecule has 10 heterocycles. The van der Waals surface area contributed by atoms with Gasteiger partial charge in [0.2, 0.25) is 28.5 Å². The average molecular weight is 1480 g/mol. The van der Waals surface area contributed by atoms with Gasteiger partial charge in [0.15, 0.2) is 31.0 Å². The maximum absolute atomic E-state index is 6.26. The molecule has 20 rings (SSSR count). The monoisotopic (exact) mass is 1480 g/mol. The van der Waals surface area contributed by atoms with Crippen LogP contribution < -0.4 is 22.8 Å². The topological polar surface area (TPSA) is 85.1 Å². The second kappa shape index (κ2) is 30.7. The molecule has 0 spiro atoms. The van der Waals surface area contributed by atoms with Crippen molar-refractivity contribution in [2.24, 2.45) is 35.2 Å². The number of rotatable bonds is 7. The number of aryl methyl sites for hydroxylation is 12. The summed E-state index contributed by atoms with van der Waals surface area (Å²) >= 11 is 0. The van der Waals surface area contributed by atoms with E-state index in [2.05, 4.69) is 347 Å². The second-order valence-electron chi connectivity index (χ2n) is 31.0. The smallest absolute Gasteiger partial charge is 0.216 e. The third-order valence-corrected chi connectivity index (χ3v) is 22.4. The van der Waals surface area contributed by atoms with E-state index in [1.807, 2.05) is 66.7 Å². The Balaban J connectivity index is 0.000000107. The lowest BCUT2D eigenvalue weighted by atomic mass is 9.97. The van der Waals surface area contributed by atoms with E-state index in [9.17, 15) is 0 Å². The summed E-state index contributed by atoms with van der Waals surface area (Å²) in [5, 5.41) is 11.8. The van der Waals surface area contributed by atoms with Gasteiger partial charge in [-0.2, -0.15) is 0 Å². The number of pyridine rings is 5. The quantitative estimate of drug-likeness (QED) is 0.148. The highest BCUT2D eigenvalue weighted by molar-refractivity contribution is 6.14. The van der Waals surface area contributed by atoms with Crippen LogP contribution >= 0.6 is 0 Å². The molecule has 0 unspecified atom stereocenters. The summed E-state index contributed by atoms with van der Waals surface area (Å²) in [7, 11) is 10.4. The summed E-state index contributed by atoms with van der Waals surface area (Å²) in [6.07, 6.45) is 10.7. The van der Waals surface area contributed by atoms with Gasteiger partial charge in [-0.25, -0.2) is 22.8 Å². The highest BCUT2D eigenvalue weighted by Crippen LogP contribution is 2.43. The van der Waals surface area contributed by atoms with Gasteiger partial charge in [-0.3, -0.25) is 0 Å². The Labute approximate surface area is 659 Å². The van der Waals surface area contributed by atoms with E-state index in [0.717, 1.165) is 55.8 Å². The lowest BCUT2D eigenvalue weighted by Gasteiger charge is -2.09. The van der Waals surface area contributed by atoms with Crippen molar-refractivity contribution >= 4 is 110 Å². The lowest BCUT2D eigenvalue weighted by molar-refractivity contribution is -0.660. The van der Waals surface area contributed by atoms with E-state index >= 15 is 0 Å². The second-order valence-corrected chi connectivity index (χ2v) is 31.0. The van der Waals surface area contributed by atoms with E-state index in [4.69, 9.17) is 22.1 Å². The molecular formula is C103H96N5O5+5. The number of benzene rings is 10. The molecule has 558 valence electrons. The largest absolute Gasteiger partial charge is 0.455 e. The number of nitrogens with zero attached hydrogens (tertiary/aromatic N) is 5. The van der Waals surface area contributed by atoms with E-state index in [1.165, 1.54) is 160 Å². The predicted octanol–water partition coefficient (Wildman–Crippen LogP) is 24.8. The van der Waals surface area contributed by atoms with Gasteiger partial charge in [-0.05, 0) is 148 Å². The molecule has 0 radical (unpaired) electrons. The first kappa shape index (κ1) is 74.1. The van der Waals surface area contributed by atoms with Gasteiger partial charge in [0.25, 0.3) is 0 Å². The van der Waals surface area contributed by atoms with Crippen LogP contribution in [-0.2, 0) is 35.2 Å². The normalized spacial score (nSPS) is 11.5. The fourth-order valence-electron chi connectivity index (χ4n) is 16.2. The van der Waals surface area contributed by atoms with Crippen LogP contribution in [-0.4, -0.2) is 0 Å². The molecule has 0 aliphatic carbocycles. The fourth-order valence-corrected chi connectivity index (χ4v) is 16.2. The molecule has 0 saturated carbocycles. The molecule has 20 aromatic rings. The van der Waals surface area contributed by atoms with Crippen LogP contribution in [0.3, 0.4) is 0 Å². The summed E-state index contributed by atoms with van der Waals surface area (Å²) in [4.78, 5) is 0. The zero-order valence-electron chi connectivity index (χ0n) is 67.5. The molecule has 0 atom stereocenters. The Morgan fingerprint density at radius 2 is 0.522 bits per heavy atom. The Kier molecular flexibility index (Phi) is 20.1. The summed E-state index contributed by atoms with van der Waals surface area (Å²) in [6.45, 7) is 23.9. The van der Waals surface area contributed by atoms with Crippen molar-refractivity contribution in [1.82, 2.24) is 0 Å². The molecule has 0 amide bonds. The molecule has 0 N–H and O–H groups in total. The Hall–Kier alpha value is -13.1. The first-order valence-corrected chi connectivity index (χ1v) is 39.1. The highest BCUT2D eigenvalue weighted by Gasteiger charge is 2.27. The molecule has 0 aliphatic rings. The molecule has 10 heteroatoms. The Morgan fingerprint density at radius 1 is 0.221 bits per heavy atom. The van der Waals surface area contributed by atoms with Crippen LogP contribution in [0.5, 0.6) is 0 Å². The molecule has 0 fully saturated rings. The molecule has 0 saturated heterocycles. The van der Waals surface area contributed by atoms with Crippen LogP contribution in [0.4, 0.5) is 0 Å². The van der Waals surface area contributed by atoms with E-state index in [0.29, 0.717) is 11.8 Å². The molecule has 0 aliphatic heterocycles. The van der Waals surface area contributed by atoms with Gasteiger partial charge < -0.3 is 22.1 Å². The average Bonchev–Trinajstić information content (AvgIpc) is 1.68. The number of hydrogen-bond acceptors (Lipinski definition) is 5. The molecule has 10 aromatic heterocycles. The van der Waals surface area contributed by atoms with E-state index in [-0.39, 0.29) is 0 Å². The van der Waals surface area contributed by atoms with E-state index < -0.39 is 0 Å². The van der Waals surface area contributed by atoms with Gasteiger partial charge in [0, 0.05) is 114 Å². The van der Waals surface area contributed by atoms with Crippen molar-refractivity contribution in [2.45, 2.75) is 88.0 Å². The molecule has 0 bridgehead atoms. The van der Waals surface area contributed by atoms with E-state index in [1.54, 1.807) is 0 Å². The molecule has 10 aromatic carbocycles. The van der Waals surface area contributed by atoms with Crippen LogP contribution in [0.25, 0.3) is 166 Å². The summed E-state index contributed by atoms with van der Waals surface area (Å²) in [6, 6.07) is 86.7. The minimum absolute atomic E-state index is 0.500. The van der Waals surface area contributed by atoms with Crippen molar-refractivity contribution in [1.29, 1.82) is 0 Å². The standard InChI is InChI=1S/2C22H22NO.2C20H18NO.C19H16NO/c1-14(2)16-10-12-19(23(4)13-16)21-15(3)9-11-18-17-7-5-6-8-20(17)24-22(18)21;1-14(2)16-11-12-23(4)19(13-16)21-15(3)9-10-18-17-7-5-6-8-20(17)24-22(18)21;1-13-8-11-17(21(3)12-13)19-14(2)9-10-16-15-6-4-5-7-18(15)22-20(16)19;1-13-10-11-21(3)17(12-13)19-14(2)8-9-16-15-6-4-5-7-18(15)22-20(16)19;1-13-10-11-15-14-7-3-4-9-17(14)21-19(15)18(13)16-8-5-6-12-20(16)2/h2*5-14H,1-4H3;2*4-12H,1-3H3;3-12H,1-2H3/q5*+1. The highest BCUT2D eigenvalue weighted by atomic mass is 16.3. The van der Waals surface area contributed by atoms with Crippen molar-refractivity contribution in [2.75, 3.05) is 0 Å². The van der Waals surface area contributed by atoms with Gasteiger partial charge in [-0.15, -0.1) is 0 Å². The maximum atomic E-state index is 6.26. The van der Waals surface area contributed by atoms with Crippen LogP contribution in [0.1, 0.15) is 89.6 Å². The third-order valence-electron chi connectivity index (χ3n) is 22.4. The fraction of sp³-hybridized carbons (Fsp3) is 0.175. The zero-order chi connectivity index (χ0) is 78.6. The van der Waals surface area contributed by atoms with Crippen LogP contribution in [0.2, 0.25) is 0 Å². The number of aromatic nitrogens is 5. The van der Waals surface area contributed by atoms with Gasteiger partial charge >= 0.3 is 0 Å². The lowest BCUT2D eigenvalue weighted by Crippen LogP contribution is -2.31. The predicted molar refractivity (Wildman–Crippen MR) is 463 cm³/mol.